The third kappa shape index (κ3) is 15.8. The van der Waals surface area contributed by atoms with Crippen LogP contribution < -0.4 is 0 Å². The smallest absolute Gasteiger partial charge is 0.0407 e. The summed E-state index contributed by atoms with van der Waals surface area (Å²) in [5.74, 6) is 2.43. The Bertz CT molecular complexity index is 1530. The highest BCUT2D eigenvalue weighted by Gasteiger charge is 2.08. The van der Waals surface area contributed by atoms with Gasteiger partial charge in [0.25, 0.3) is 0 Å². The number of aryl methyl sites for hydroxylation is 6. The molecule has 0 fully saturated rings. The Kier molecular flexibility index (Phi) is 26.0. The van der Waals surface area contributed by atoms with Crippen LogP contribution in [-0.4, -0.2) is 15.0 Å². The van der Waals surface area contributed by atoms with E-state index >= 15 is 0 Å². The Morgan fingerprint density at radius 2 is 0.481 bits per heavy atom. The van der Waals surface area contributed by atoms with Gasteiger partial charge in [0, 0.05) is 40.6 Å². The molecule has 0 aliphatic heterocycles. The number of hydrogen-bond acceptors (Lipinski definition) is 3. The molecule has 3 heterocycles. The lowest BCUT2D eigenvalue weighted by molar-refractivity contribution is 1.03. The lowest BCUT2D eigenvalue weighted by Crippen LogP contribution is -1.98. The van der Waals surface area contributed by atoms with Crippen molar-refractivity contribution in [1.29, 1.82) is 0 Å². The number of terminal acetylenes is 1. The maximum Gasteiger partial charge on any atom is 0.0407 e. The normalized spacial score (nSPS) is 9.44. The first-order valence-electron chi connectivity index (χ1n) is 19.2. The van der Waals surface area contributed by atoms with Gasteiger partial charge in [0.2, 0.25) is 0 Å². The van der Waals surface area contributed by atoms with Crippen LogP contribution in [0.15, 0.2) is 12.7 Å². The average Bonchev–Trinajstić information content (AvgIpc) is 3.14. The molecule has 0 radical (unpaired) electrons. The lowest BCUT2D eigenvalue weighted by Gasteiger charge is -2.15. The predicted molar refractivity (Wildman–Crippen MR) is 245 cm³/mol. The first kappa shape index (κ1) is 54.3. The predicted octanol–water partition coefficient (Wildman–Crippen LogP) is 14.7. The molecule has 0 unspecified atom stereocenters. The van der Waals surface area contributed by atoms with E-state index in [1.165, 1.54) is 83.5 Å². The number of pyridine rings is 3. The van der Waals surface area contributed by atoms with Crippen LogP contribution in [0.4, 0.5) is 0 Å². The molecule has 300 valence electrons. The second-order valence-corrected chi connectivity index (χ2v) is 14.5. The Labute approximate surface area is 336 Å². The Morgan fingerprint density at radius 3 is 0.574 bits per heavy atom. The van der Waals surface area contributed by atoms with Crippen molar-refractivity contribution < 1.29 is 0 Å². The number of hydrogen-bond donors (Lipinski definition) is 0. The molecule has 0 N–H and O–H groups in total. The van der Waals surface area contributed by atoms with Crippen LogP contribution in [0.3, 0.4) is 0 Å². The zero-order chi connectivity index (χ0) is 42.1. The fraction of sp³-hybridized carbons (Fsp3) is 0.510. The van der Waals surface area contributed by atoms with Gasteiger partial charge in [-0.3, -0.25) is 15.0 Å². The molecule has 1 aromatic carbocycles. The Balaban J connectivity index is -0.000000598. The quantitative estimate of drug-likeness (QED) is 0.144. The second-order valence-electron chi connectivity index (χ2n) is 14.5. The molecule has 4 aromatic rings. The molecule has 0 saturated heterocycles. The molecule has 3 heteroatoms. The monoisotopic (exact) mass is 736 g/mol. The molecular formula is C51H81N3. The molecule has 3 nitrogen and oxygen atoms in total. The largest absolute Gasteiger partial charge is 0.258 e. The molecule has 0 aliphatic carbocycles. The van der Waals surface area contributed by atoms with Gasteiger partial charge in [0.05, 0.1) is 0 Å². The van der Waals surface area contributed by atoms with E-state index in [4.69, 9.17) is 6.42 Å². The van der Waals surface area contributed by atoms with Crippen molar-refractivity contribution >= 4 is 0 Å². The van der Waals surface area contributed by atoms with Crippen LogP contribution in [-0.2, 0) is 0 Å². The zero-order valence-electron chi connectivity index (χ0n) is 38.6. The van der Waals surface area contributed by atoms with Gasteiger partial charge in [-0.1, -0.05) is 27.4 Å². The average molecular weight is 736 g/mol. The van der Waals surface area contributed by atoms with Gasteiger partial charge in [-0.2, -0.15) is 0 Å². The number of allylic oxidation sites excluding steroid dienone is 1. The molecule has 0 aliphatic rings. The van der Waals surface area contributed by atoms with E-state index in [1.54, 1.807) is 0 Å². The first-order chi connectivity index (χ1) is 24.4. The summed E-state index contributed by atoms with van der Waals surface area (Å²) in [6.07, 6.45) is 8.58. The molecule has 0 atom stereocenters. The topological polar surface area (TPSA) is 38.7 Å². The molecule has 0 saturated carbocycles. The van der Waals surface area contributed by atoms with Crippen LogP contribution in [0.25, 0.3) is 0 Å². The summed E-state index contributed by atoms with van der Waals surface area (Å²) in [5.41, 5.74) is 27.8. The van der Waals surface area contributed by atoms with E-state index < -0.39 is 0 Å². The summed E-state index contributed by atoms with van der Waals surface area (Å²) in [6.45, 7) is 52.4. The number of aromatic nitrogens is 3. The van der Waals surface area contributed by atoms with Crippen LogP contribution in [0.2, 0.25) is 0 Å². The fourth-order valence-electron chi connectivity index (χ4n) is 5.42. The van der Waals surface area contributed by atoms with Gasteiger partial charge in [0.15, 0.2) is 0 Å². The van der Waals surface area contributed by atoms with Crippen LogP contribution >= 0.6 is 0 Å². The summed E-state index contributed by atoms with van der Waals surface area (Å²) in [6, 6.07) is 0. The van der Waals surface area contributed by atoms with E-state index in [1.807, 2.05) is 13.0 Å². The summed E-state index contributed by atoms with van der Waals surface area (Å²) in [4.78, 5) is 13.3. The molecule has 3 aromatic heterocycles. The van der Waals surface area contributed by atoms with Crippen molar-refractivity contribution in [2.75, 3.05) is 0 Å². The van der Waals surface area contributed by atoms with Crippen molar-refractivity contribution in [3.05, 3.63) is 130 Å². The van der Waals surface area contributed by atoms with Gasteiger partial charge >= 0.3 is 0 Å². The third-order valence-corrected chi connectivity index (χ3v) is 11.5. The van der Waals surface area contributed by atoms with Crippen molar-refractivity contribution in [3.8, 4) is 12.3 Å². The highest BCUT2D eigenvalue weighted by atomic mass is 14.7. The number of benzene rings is 1. The summed E-state index contributed by atoms with van der Waals surface area (Å²) in [7, 11) is 0. The minimum absolute atomic E-state index is 0. The summed E-state index contributed by atoms with van der Waals surface area (Å²) in [5, 5.41) is 0. The molecule has 0 spiro atoms. The molecular weight excluding hydrogens is 655 g/mol. The molecule has 4 rings (SSSR count). The summed E-state index contributed by atoms with van der Waals surface area (Å²) < 4.78 is 0. The molecule has 0 bridgehead atoms. The van der Waals surface area contributed by atoms with Crippen molar-refractivity contribution in [2.45, 2.75) is 180 Å². The number of nitrogens with zero attached hydrogens (tertiary/aromatic N) is 3. The van der Waals surface area contributed by atoms with Crippen LogP contribution in [0, 0.1) is 158 Å². The van der Waals surface area contributed by atoms with Crippen molar-refractivity contribution in [1.82, 2.24) is 15.0 Å². The maximum atomic E-state index is 4.78. The van der Waals surface area contributed by atoms with E-state index in [9.17, 15) is 0 Å². The van der Waals surface area contributed by atoms with Crippen molar-refractivity contribution in [2.24, 2.45) is 0 Å². The minimum atomic E-state index is 0. The summed E-state index contributed by atoms with van der Waals surface area (Å²) >= 11 is 0. The van der Waals surface area contributed by atoms with Gasteiger partial charge in [-0.25, -0.2) is 0 Å². The van der Waals surface area contributed by atoms with E-state index in [2.05, 4.69) is 180 Å². The second kappa shape index (κ2) is 25.9. The van der Waals surface area contributed by atoms with Gasteiger partial charge in [-0.05, 0) is 235 Å². The SMILES string of the molecule is C.C#CCC.C=CCC.Cc1c(C)c(C)c(C)c(C)c1C.Cc1nc(C)c(C)c(C)c1C.Cc1nc(C)c(C)c(C)c1C.Cc1nc(C)c(C)c(C)c1C. The molecule has 0 amide bonds. The van der Waals surface area contributed by atoms with E-state index in [0.29, 0.717) is 0 Å². The Morgan fingerprint density at radius 1 is 0.370 bits per heavy atom. The van der Waals surface area contributed by atoms with E-state index in [0.717, 1.165) is 47.0 Å². The zero-order valence-corrected chi connectivity index (χ0v) is 38.6. The third-order valence-electron chi connectivity index (χ3n) is 11.5. The van der Waals surface area contributed by atoms with E-state index in [-0.39, 0.29) is 7.43 Å². The fourth-order valence-corrected chi connectivity index (χ4v) is 5.42. The Hall–Kier alpha value is -4.03. The van der Waals surface area contributed by atoms with Crippen LogP contribution in [0.1, 0.15) is 152 Å². The van der Waals surface area contributed by atoms with Crippen molar-refractivity contribution in [3.63, 3.8) is 0 Å². The highest BCUT2D eigenvalue weighted by Crippen LogP contribution is 2.25. The van der Waals surface area contributed by atoms with Gasteiger partial charge < -0.3 is 0 Å². The van der Waals surface area contributed by atoms with Gasteiger partial charge in [0.1, 0.15) is 0 Å². The standard InChI is InChI=1S/C12H18.3C10H15N.C4H8.C4H6.CH4/c1-7-8(2)10(4)12(6)11(5)9(7)3;3*1-6-7(2)9(4)11-10(5)8(6)3;2*1-3-4-2;/h1-6H3;3*1-5H3;3H,1,4H2,2H3;1H,4H2,2H3;1H4. The highest BCUT2D eigenvalue weighted by molar-refractivity contribution is 5.48. The van der Waals surface area contributed by atoms with Gasteiger partial charge in [-0.15, -0.1) is 18.9 Å². The lowest BCUT2D eigenvalue weighted by atomic mass is 9.90. The maximum absolute atomic E-state index is 4.78. The minimum Gasteiger partial charge on any atom is -0.258 e. The molecule has 54 heavy (non-hydrogen) atoms. The number of rotatable bonds is 1. The first-order valence-corrected chi connectivity index (χ1v) is 19.2. The van der Waals surface area contributed by atoms with Crippen LogP contribution in [0.5, 0.6) is 0 Å².